The number of benzene rings is 2. The molecule has 0 aliphatic rings. The van der Waals surface area contributed by atoms with Gasteiger partial charge in [-0.2, -0.15) is 12.6 Å². The van der Waals surface area contributed by atoms with Gasteiger partial charge < -0.3 is 16.4 Å². The number of anilines is 2. The third kappa shape index (κ3) is 5.66. The van der Waals surface area contributed by atoms with Gasteiger partial charge in [0, 0.05) is 35.3 Å². The van der Waals surface area contributed by atoms with Gasteiger partial charge in [0.2, 0.25) is 0 Å². The number of nitrogens with two attached hydrogens (primary N) is 1. The summed E-state index contributed by atoms with van der Waals surface area (Å²) in [7, 11) is 0. The predicted octanol–water partition coefficient (Wildman–Crippen LogP) is 3.95. The highest BCUT2D eigenvalue weighted by atomic mass is 35.5. The van der Waals surface area contributed by atoms with Crippen LogP contribution in [0.4, 0.5) is 11.4 Å². The first-order valence-corrected chi connectivity index (χ1v) is 8.64. The Kier molecular flexibility index (Phi) is 8.29. The minimum atomic E-state index is -0.108. The van der Waals surface area contributed by atoms with Crippen LogP contribution in [0.15, 0.2) is 36.4 Å². The first kappa shape index (κ1) is 21.4. The van der Waals surface area contributed by atoms with Gasteiger partial charge in [0.05, 0.1) is 0 Å². The molecule has 2 aromatic carbocycles. The molecule has 2 aromatic rings. The summed E-state index contributed by atoms with van der Waals surface area (Å²) >= 11 is 4.18. The molecular formula is C19H26ClN3OS. The number of rotatable bonds is 6. The number of amides is 1. The molecule has 0 spiro atoms. The lowest BCUT2D eigenvalue weighted by molar-refractivity contribution is 0.102. The second-order valence-electron chi connectivity index (χ2n) is 6.05. The number of carbonyl (C=O) groups is 1. The minimum Gasteiger partial charge on any atom is -0.383 e. The van der Waals surface area contributed by atoms with E-state index < -0.39 is 0 Å². The van der Waals surface area contributed by atoms with Crippen molar-refractivity contribution < 1.29 is 4.79 Å². The van der Waals surface area contributed by atoms with Crippen LogP contribution in [0.1, 0.15) is 27.0 Å². The summed E-state index contributed by atoms with van der Waals surface area (Å²) in [5.41, 5.74) is 11.4. The fourth-order valence-electron chi connectivity index (χ4n) is 2.37. The molecule has 2 rings (SSSR count). The van der Waals surface area contributed by atoms with Crippen molar-refractivity contribution in [3.8, 4) is 0 Å². The van der Waals surface area contributed by atoms with E-state index in [1.165, 1.54) is 0 Å². The van der Waals surface area contributed by atoms with E-state index in [0.29, 0.717) is 17.9 Å². The van der Waals surface area contributed by atoms with Crippen LogP contribution in [0.5, 0.6) is 0 Å². The Hall–Kier alpha value is -1.69. The average molecular weight is 380 g/mol. The second-order valence-corrected chi connectivity index (χ2v) is 6.42. The van der Waals surface area contributed by atoms with Gasteiger partial charge in [0.25, 0.3) is 5.91 Å². The lowest BCUT2D eigenvalue weighted by atomic mass is 10.1. The van der Waals surface area contributed by atoms with E-state index >= 15 is 0 Å². The molecule has 0 saturated carbocycles. The van der Waals surface area contributed by atoms with Crippen LogP contribution in [0, 0.1) is 20.8 Å². The highest BCUT2D eigenvalue weighted by Gasteiger charge is 2.12. The molecule has 4 nitrogen and oxygen atoms in total. The molecule has 0 bridgehead atoms. The fourth-order valence-corrected chi connectivity index (χ4v) is 2.50. The topological polar surface area (TPSA) is 67.1 Å². The first-order valence-electron chi connectivity index (χ1n) is 8.01. The largest absolute Gasteiger partial charge is 0.383 e. The highest BCUT2D eigenvalue weighted by Crippen LogP contribution is 2.21. The van der Waals surface area contributed by atoms with Gasteiger partial charge in [-0.15, -0.1) is 12.4 Å². The van der Waals surface area contributed by atoms with Gasteiger partial charge >= 0.3 is 0 Å². The zero-order valence-corrected chi connectivity index (χ0v) is 16.5. The minimum absolute atomic E-state index is 0. The van der Waals surface area contributed by atoms with E-state index in [9.17, 15) is 4.79 Å². The van der Waals surface area contributed by atoms with Crippen molar-refractivity contribution in [3.63, 3.8) is 0 Å². The van der Waals surface area contributed by atoms with E-state index in [2.05, 4.69) is 23.3 Å². The Morgan fingerprint density at radius 2 is 1.88 bits per heavy atom. The maximum absolute atomic E-state index is 12.7. The zero-order chi connectivity index (χ0) is 17.7. The maximum atomic E-state index is 12.7. The molecule has 136 valence electrons. The second kappa shape index (κ2) is 9.70. The van der Waals surface area contributed by atoms with E-state index in [1.807, 2.05) is 57.2 Å². The quantitative estimate of drug-likeness (QED) is 0.574. The van der Waals surface area contributed by atoms with Gasteiger partial charge in [0.15, 0.2) is 0 Å². The summed E-state index contributed by atoms with van der Waals surface area (Å²) in [4.78, 5) is 12.7. The van der Waals surface area contributed by atoms with Crippen molar-refractivity contribution >= 4 is 42.3 Å². The molecule has 0 aromatic heterocycles. The van der Waals surface area contributed by atoms with Crippen LogP contribution in [0.3, 0.4) is 0 Å². The number of halogens is 1. The zero-order valence-electron chi connectivity index (χ0n) is 14.8. The van der Waals surface area contributed by atoms with Crippen molar-refractivity contribution in [3.05, 3.63) is 58.7 Å². The molecule has 0 fully saturated rings. The highest BCUT2D eigenvalue weighted by molar-refractivity contribution is 7.80. The van der Waals surface area contributed by atoms with Gasteiger partial charge in [-0.1, -0.05) is 18.2 Å². The van der Waals surface area contributed by atoms with Crippen LogP contribution in [-0.2, 0) is 0 Å². The van der Waals surface area contributed by atoms with Crippen molar-refractivity contribution in [2.45, 2.75) is 26.8 Å². The first-order chi connectivity index (χ1) is 11.4. The summed E-state index contributed by atoms with van der Waals surface area (Å²) in [5.74, 6) is 0.502. The number of carbonyl (C=O) groups excluding carboxylic acids is 1. The maximum Gasteiger partial charge on any atom is 0.256 e. The van der Waals surface area contributed by atoms with Gasteiger partial charge in [-0.25, -0.2) is 0 Å². The Balaban J connectivity index is 0.00000312. The number of nitrogens with one attached hydrogen (secondary N) is 2. The monoisotopic (exact) mass is 379 g/mol. The average Bonchev–Trinajstić information content (AvgIpc) is 2.57. The third-order valence-electron chi connectivity index (χ3n) is 4.14. The molecule has 25 heavy (non-hydrogen) atoms. The molecule has 6 heteroatoms. The van der Waals surface area contributed by atoms with Crippen LogP contribution < -0.4 is 16.4 Å². The molecule has 0 unspecified atom stereocenters. The van der Waals surface area contributed by atoms with E-state index in [0.717, 1.165) is 28.1 Å². The standard InChI is InChI=1S/C19H25N3OS.ClH/c1-12-5-4-6-18(14(12)3)22-19(23)17-9-16(8-7-13(17)2)21-10-15(20)11-24;/h4-9,15,21,24H,10-11,20H2,1-3H3,(H,22,23);1H/t15-;/m1./s1. The van der Waals surface area contributed by atoms with E-state index in [-0.39, 0.29) is 24.4 Å². The van der Waals surface area contributed by atoms with E-state index in [1.54, 1.807) is 0 Å². The predicted molar refractivity (Wildman–Crippen MR) is 113 cm³/mol. The SMILES string of the molecule is Cc1ccc(NC[C@@H](N)CS)cc1C(=O)Nc1cccc(C)c1C.Cl. The van der Waals surface area contributed by atoms with Crippen LogP contribution in [0.2, 0.25) is 0 Å². The number of hydrogen-bond donors (Lipinski definition) is 4. The summed E-state index contributed by atoms with van der Waals surface area (Å²) in [6.45, 7) is 6.59. The number of aryl methyl sites for hydroxylation is 2. The molecule has 0 aliphatic carbocycles. The molecule has 1 atom stereocenters. The summed E-state index contributed by atoms with van der Waals surface area (Å²) < 4.78 is 0. The lowest BCUT2D eigenvalue weighted by Gasteiger charge is -2.15. The molecule has 4 N–H and O–H groups in total. The molecule has 0 radical (unpaired) electrons. The van der Waals surface area contributed by atoms with Crippen LogP contribution in [-0.4, -0.2) is 24.2 Å². The van der Waals surface area contributed by atoms with Crippen molar-refractivity contribution in [1.29, 1.82) is 0 Å². The van der Waals surface area contributed by atoms with Crippen LogP contribution in [0.25, 0.3) is 0 Å². The number of thiol groups is 1. The Morgan fingerprint density at radius 1 is 1.16 bits per heavy atom. The van der Waals surface area contributed by atoms with Crippen molar-refractivity contribution in [2.75, 3.05) is 22.9 Å². The third-order valence-corrected chi connectivity index (χ3v) is 4.61. The molecular weight excluding hydrogens is 354 g/mol. The van der Waals surface area contributed by atoms with E-state index in [4.69, 9.17) is 5.73 Å². The summed E-state index contributed by atoms with van der Waals surface area (Å²) in [5, 5.41) is 6.26. The fraction of sp³-hybridized carbons (Fsp3) is 0.316. The molecule has 1 amide bonds. The molecule has 0 saturated heterocycles. The summed E-state index contributed by atoms with van der Waals surface area (Å²) in [6.07, 6.45) is 0. The Morgan fingerprint density at radius 3 is 2.56 bits per heavy atom. The normalized spacial score (nSPS) is 11.4. The molecule has 0 aliphatic heterocycles. The smallest absolute Gasteiger partial charge is 0.256 e. The van der Waals surface area contributed by atoms with Gasteiger partial charge in [-0.05, 0) is 55.7 Å². The van der Waals surface area contributed by atoms with Gasteiger partial charge in [-0.3, -0.25) is 4.79 Å². The Bertz CT molecular complexity index is 737. The van der Waals surface area contributed by atoms with Crippen LogP contribution >= 0.6 is 25.0 Å². The Labute approximate surface area is 161 Å². The summed E-state index contributed by atoms with van der Waals surface area (Å²) in [6, 6.07) is 11.6. The molecule has 0 heterocycles. The van der Waals surface area contributed by atoms with Crippen molar-refractivity contribution in [1.82, 2.24) is 0 Å². The van der Waals surface area contributed by atoms with Gasteiger partial charge in [0.1, 0.15) is 0 Å². The van der Waals surface area contributed by atoms with Crippen molar-refractivity contribution in [2.24, 2.45) is 5.73 Å². The number of hydrogen-bond acceptors (Lipinski definition) is 4. The lowest BCUT2D eigenvalue weighted by Crippen LogP contribution is -2.30.